The summed E-state index contributed by atoms with van der Waals surface area (Å²) >= 11 is 0. The quantitative estimate of drug-likeness (QED) is 0.790. The molecule has 2 aromatic carbocycles. The maximum atomic E-state index is 13.7. The number of halogens is 4. The van der Waals surface area contributed by atoms with E-state index in [0.29, 0.717) is 5.56 Å². The molecule has 0 spiro atoms. The van der Waals surface area contributed by atoms with Crippen LogP contribution in [0.1, 0.15) is 29.7 Å². The lowest BCUT2D eigenvalue weighted by atomic mass is 10.1. The van der Waals surface area contributed by atoms with Crippen LogP contribution in [-0.2, 0) is 12.7 Å². The summed E-state index contributed by atoms with van der Waals surface area (Å²) in [6.45, 7) is 1.39. The number of hydrogen-bond donors (Lipinski definition) is 1. The molecule has 1 N–H and O–H groups in total. The van der Waals surface area contributed by atoms with E-state index >= 15 is 0 Å². The molecule has 0 unspecified atom stereocenters. The fourth-order valence-electron chi connectivity index (χ4n) is 2.46. The van der Waals surface area contributed by atoms with Crippen LogP contribution in [0.4, 0.5) is 22.4 Å². The fraction of sp³-hybridized carbons (Fsp3) is 0.278. The first-order valence-corrected chi connectivity index (χ1v) is 7.61. The lowest BCUT2D eigenvalue weighted by Gasteiger charge is -2.23. The molecule has 0 fully saturated rings. The van der Waals surface area contributed by atoms with Crippen molar-refractivity contribution in [3.8, 4) is 0 Å². The predicted molar refractivity (Wildman–Crippen MR) is 86.3 cm³/mol. The fourth-order valence-corrected chi connectivity index (χ4v) is 2.46. The summed E-state index contributed by atoms with van der Waals surface area (Å²) in [5.41, 5.74) is -0.483. The molecule has 1 atom stereocenters. The van der Waals surface area contributed by atoms with Gasteiger partial charge in [0.1, 0.15) is 5.82 Å². The lowest BCUT2D eigenvalue weighted by molar-refractivity contribution is -0.138. The summed E-state index contributed by atoms with van der Waals surface area (Å²) in [5, 5.41) is 2.58. The van der Waals surface area contributed by atoms with E-state index in [0.717, 1.165) is 11.0 Å². The number of nitrogens with one attached hydrogen (secondary N) is 1. The minimum Gasteiger partial charge on any atom is -0.331 e. The van der Waals surface area contributed by atoms with Gasteiger partial charge in [0.05, 0.1) is 11.6 Å². The summed E-state index contributed by atoms with van der Waals surface area (Å²) in [7, 11) is 1.39. The number of carbonyl (C=O) groups is 1. The second-order valence-electron chi connectivity index (χ2n) is 5.70. The first-order chi connectivity index (χ1) is 11.7. The summed E-state index contributed by atoms with van der Waals surface area (Å²) in [6.07, 6.45) is -4.49. The number of amides is 2. The van der Waals surface area contributed by atoms with Gasteiger partial charge in [-0.3, -0.25) is 0 Å². The summed E-state index contributed by atoms with van der Waals surface area (Å²) in [6, 6.07) is 9.88. The van der Waals surface area contributed by atoms with Crippen molar-refractivity contribution >= 4 is 6.03 Å². The van der Waals surface area contributed by atoms with E-state index in [4.69, 9.17) is 0 Å². The Hall–Kier alpha value is -2.57. The molecular weight excluding hydrogens is 336 g/mol. The highest BCUT2D eigenvalue weighted by atomic mass is 19.4. The number of benzene rings is 2. The molecule has 0 saturated carbocycles. The van der Waals surface area contributed by atoms with E-state index in [1.165, 1.54) is 37.4 Å². The Morgan fingerprint density at radius 2 is 1.72 bits per heavy atom. The first kappa shape index (κ1) is 18.8. The monoisotopic (exact) mass is 354 g/mol. The predicted octanol–water partition coefficient (Wildman–Crippen LogP) is 4.75. The van der Waals surface area contributed by atoms with E-state index in [2.05, 4.69) is 5.32 Å². The molecule has 134 valence electrons. The highest BCUT2D eigenvalue weighted by Gasteiger charge is 2.33. The minimum absolute atomic E-state index is 0.00815. The van der Waals surface area contributed by atoms with Crippen LogP contribution in [0.5, 0.6) is 0 Å². The number of nitrogens with zero attached hydrogens (tertiary/aromatic N) is 1. The average Bonchev–Trinajstić information content (AvgIpc) is 2.54. The van der Waals surface area contributed by atoms with Crippen LogP contribution in [0.3, 0.4) is 0 Å². The second-order valence-corrected chi connectivity index (χ2v) is 5.70. The summed E-state index contributed by atoms with van der Waals surface area (Å²) in [5.74, 6) is -0.458. The zero-order valence-electron chi connectivity index (χ0n) is 13.8. The van der Waals surface area contributed by atoms with E-state index < -0.39 is 29.6 Å². The highest BCUT2D eigenvalue weighted by molar-refractivity contribution is 5.74. The van der Waals surface area contributed by atoms with E-state index in [1.54, 1.807) is 19.1 Å². The van der Waals surface area contributed by atoms with Gasteiger partial charge in [-0.15, -0.1) is 0 Å². The zero-order chi connectivity index (χ0) is 18.6. The van der Waals surface area contributed by atoms with Crippen molar-refractivity contribution < 1.29 is 22.4 Å². The first-order valence-electron chi connectivity index (χ1n) is 7.61. The van der Waals surface area contributed by atoms with Crippen LogP contribution in [-0.4, -0.2) is 18.0 Å². The van der Waals surface area contributed by atoms with Gasteiger partial charge >= 0.3 is 12.2 Å². The van der Waals surface area contributed by atoms with Gasteiger partial charge in [0.15, 0.2) is 0 Å². The number of hydrogen-bond acceptors (Lipinski definition) is 1. The summed E-state index contributed by atoms with van der Waals surface area (Å²) in [4.78, 5) is 13.3. The van der Waals surface area contributed by atoms with Crippen LogP contribution in [0.2, 0.25) is 0 Å². The molecule has 0 bridgehead atoms. The van der Waals surface area contributed by atoms with Gasteiger partial charge in [-0.1, -0.05) is 36.4 Å². The second kappa shape index (κ2) is 7.55. The summed E-state index contributed by atoms with van der Waals surface area (Å²) < 4.78 is 52.8. The van der Waals surface area contributed by atoms with Gasteiger partial charge in [0.2, 0.25) is 0 Å². The van der Waals surface area contributed by atoms with Gasteiger partial charge in [-0.05, 0) is 24.6 Å². The van der Waals surface area contributed by atoms with Gasteiger partial charge in [-0.25, -0.2) is 9.18 Å². The van der Waals surface area contributed by atoms with Gasteiger partial charge in [-0.2, -0.15) is 13.2 Å². The molecule has 0 radical (unpaired) electrons. The Bertz CT molecular complexity index is 746. The molecule has 7 heteroatoms. The topological polar surface area (TPSA) is 32.3 Å². The van der Waals surface area contributed by atoms with Crippen molar-refractivity contribution in [2.75, 3.05) is 7.05 Å². The molecule has 2 rings (SSSR count). The molecule has 0 aliphatic carbocycles. The smallest absolute Gasteiger partial charge is 0.331 e. The number of rotatable bonds is 4. The van der Waals surface area contributed by atoms with Crippen molar-refractivity contribution in [1.82, 2.24) is 10.2 Å². The Morgan fingerprint density at radius 3 is 2.36 bits per heavy atom. The normalized spacial score (nSPS) is 12.6. The van der Waals surface area contributed by atoms with E-state index in [9.17, 15) is 22.4 Å². The van der Waals surface area contributed by atoms with Crippen molar-refractivity contribution in [1.29, 1.82) is 0 Å². The molecule has 25 heavy (non-hydrogen) atoms. The zero-order valence-corrected chi connectivity index (χ0v) is 13.8. The third-order valence-electron chi connectivity index (χ3n) is 3.79. The standard InChI is InChI=1S/C18H18F4N2O/c1-12(14-8-4-6-10-16(14)19)23-17(25)24(2)11-13-7-3-5-9-15(13)18(20,21)22/h3-10,12H,11H2,1-2H3,(H,23,25)/t12-/m0/s1. The Labute approximate surface area is 143 Å². The highest BCUT2D eigenvalue weighted by Crippen LogP contribution is 2.32. The molecule has 0 aromatic heterocycles. The Kier molecular flexibility index (Phi) is 5.66. The van der Waals surface area contributed by atoms with Crippen molar-refractivity contribution in [2.24, 2.45) is 0 Å². The maximum absolute atomic E-state index is 13.7. The SMILES string of the molecule is C[C@H](NC(=O)N(C)Cc1ccccc1C(F)(F)F)c1ccccc1F. The molecule has 0 aliphatic heterocycles. The van der Waals surface area contributed by atoms with Gasteiger partial charge < -0.3 is 10.2 Å². The van der Waals surface area contributed by atoms with Crippen LogP contribution in [0.25, 0.3) is 0 Å². The minimum atomic E-state index is -4.49. The van der Waals surface area contributed by atoms with Crippen molar-refractivity contribution in [3.63, 3.8) is 0 Å². The van der Waals surface area contributed by atoms with Gasteiger partial charge in [0.25, 0.3) is 0 Å². The molecule has 0 heterocycles. The van der Waals surface area contributed by atoms with Crippen LogP contribution < -0.4 is 5.32 Å². The molecule has 0 saturated heterocycles. The molecular formula is C18H18F4N2O. The largest absolute Gasteiger partial charge is 0.416 e. The molecule has 2 amide bonds. The molecule has 2 aromatic rings. The maximum Gasteiger partial charge on any atom is 0.416 e. The van der Waals surface area contributed by atoms with Gasteiger partial charge in [0, 0.05) is 19.2 Å². The van der Waals surface area contributed by atoms with Crippen LogP contribution >= 0.6 is 0 Å². The van der Waals surface area contributed by atoms with Crippen molar-refractivity contribution in [3.05, 3.63) is 71.0 Å². The number of carbonyl (C=O) groups excluding carboxylic acids is 1. The number of alkyl halides is 3. The van der Waals surface area contributed by atoms with Crippen LogP contribution in [0, 0.1) is 5.82 Å². The lowest BCUT2D eigenvalue weighted by Crippen LogP contribution is -2.38. The van der Waals surface area contributed by atoms with E-state index in [-0.39, 0.29) is 12.1 Å². The average molecular weight is 354 g/mol. The molecule has 0 aliphatic rings. The Morgan fingerprint density at radius 1 is 1.12 bits per heavy atom. The van der Waals surface area contributed by atoms with Crippen LogP contribution in [0.15, 0.2) is 48.5 Å². The van der Waals surface area contributed by atoms with E-state index in [1.807, 2.05) is 0 Å². The third-order valence-corrected chi connectivity index (χ3v) is 3.79. The molecule has 3 nitrogen and oxygen atoms in total. The third kappa shape index (κ3) is 4.71. The Balaban J connectivity index is 2.08. The number of urea groups is 1. The van der Waals surface area contributed by atoms with Crippen molar-refractivity contribution in [2.45, 2.75) is 25.7 Å².